The predicted molar refractivity (Wildman–Crippen MR) is 155 cm³/mol. The van der Waals surface area contributed by atoms with Crippen LogP contribution in [0, 0.1) is 0 Å². The molecule has 8 nitrogen and oxygen atoms in total. The van der Waals surface area contributed by atoms with E-state index in [-0.39, 0.29) is 19.1 Å². The average Bonchev–Trinajstić information content (AvgIpc) is 2.92. The van der Waals surface area contributed by atoms with Gasteiger partial charge in [-0.3, -0.25) is 13.8 Å². The van der Waals surface area contributed by atoms with Crippen LogP contribution in [0.1, 0.15) is 115 Å². The van der Waals surface area contributed by atoms with E-state index < -0.39 is 25.9 Å². The Balaban J connectivity index is 2.68. The van der Waals surface area contributed by atoms with E-state index in [4.69, 9.17) is 13.8 Å². The van der Waals surface area contributed by atoms with E-state index in [0.29, 0.717) is 12.0 Å². The van der Waals surface area contributed by atoms with Crippen molar-refractivity contribution >= 4 is 19.7 Å². The number of carbonyl (C=O) groups is 2. The van der Waals surface area contributed by atoms with Crippen molar-refractivity contribution in [1.82, 2.24) is 5.32 Å². The molecule has 222 valence electrons. The second-order valence-electron chi connectivity index (χ2n) is 9.89. The molecule has 1 aromatic rings. The lowest BCUT2D eigenvalue weighted by atomic mass is 10.0. The quantitative estimate of drug-likeness (QED) is 0.0609. The lowest BCUT2D eigenvalue weighted by Gasteiger charge is -2.26. The molecular formula is C30H50NO7P. The van der Waals surface area contributed by atoms with Gasteiger partial charge < -0.3 is 14.9 Å². The van der Waals surface area contributed by atoms with Crippen molar-refractivity contribution in [2.75, 3.05) is 13.2 Å². The number of rotatable bonds is 23. The number of unbranched alkanes of at least 4 members (excludes halogenated alkanes) is 11. The summed E-state index contributed by atoms with van der Waals surface area (Å²) in [4.78, 5) is 34.6. The zero-order valence-electron chi connectivity index (χ0n) is 24.1. The normalized spacial score (nSPS) is 14.6. The van der Waals surface area contributed by atoms with E-state index in [9.17, 15) is 19.0 Å². The molecule has 0 fully saturated rings. The molecule has 0 spiro atoms. The second kappa shape index (κ2) is 21.8. The molecule has 0 aliphatic carbocycles. The summed E-state index contributed by atoms with van der Waals surface area (Å²) >= 11 is 0. The molecule has 1 aromatic carbocycles. The van der Waals surface area contributed by atoms with E-state index in [1.165, 1.54) is 64.7 Å². The molecule has 0 aromatic heterocycles. The molecule has 0 aliphatic heterocycles. The van der Waals surface area contributed by atoms with Crippen molar-refractivity contribution in [2.24, 2.45) is 0 Å². The molecule has 1 rings (SSSR count). The molecule has 1 amide bonds. The largest absolute Gasteiger partial charge is 0.472 e. The summed E-state index contributed by atoms with van der Waals surface area (Å²) in [6.07, 6.45) is 17.9. The zero-order chi connectivity index (χ0) is 28.8. The number of phosphoric acid groups is 1. The van der Waals surface area contributed by atoms with Crippen LogP contribution in [-0.2, 0) is 23.1 Å². The Bertz CT molecular complexity index is 862. The van der Waals surface area contributed by atoms with Gasteiger partial charge >= 0.3 is 13.8 Å². The molecule has 0 bridgehead atoms. The Morgan fingerprint density at radius 2 is 1.49 bits per heavy atom. The van der Waals surface area contributed by atoms with E-state index in [0.717, 1.165) is 19.3 Å². The van der Waals surface area contributed by atoms with E-state index >= 15 is 0 Å². The van der Waals surface area contributed by atoms with Crippen molar-refractivity contribution in [3.05, 3.63) is 48.0 Å². The van der Waals surface area contributed by atoms with Crippen LogP contribution in [0.5, 0.6) is 0 Å². The number of esters is 1. The van der Waals surface area contributed by atoms with Gasteiger partial charge in [0.25, 0.3) is 0 Å². The predicted octanol–water partition coefficient (Wildman–Crippen LogP) is 7.52. The first-order valence-corrected chi connectivity index (χ1v) is 16.1. The van der Waals surface area contributed by atoms with Gasteiger partial charge in [0, 0.05) is 6.92 Å². The van der Waals surface area contributed by atoms with Crippen LogP contribution >= 0.6 is 7.82 Å². The summed E-state index contributed by atoms with van der Waals surface area (Å²) in [5.41, 5.74) is 0.364. The van der Waals surface area contributed by atoms with Crippen LogP contribution in [0.2, 0.25) is 0 Å². The zero-order valence-corrected chi connectivity index (χ0v) is 25.0. The highest BCUT2D eigenvalue weighted by molar-refractivity contribution is 7.47. The monoisotopic (exact) mass is 567 g/mol. The summed E-state index contributed by atoms with van der Waals surface area (Å²) in [5.74, 6) is -0.949. The summed E-state index contributed by atoms with van der Waals surface area (Å²) < 4.78 is 27.9. The van der Waals surface area contributed by atoms with Gasteiger partial charge in [0.15, 0.2) is 0 Å². The molecule has 3 atom stereocenters. The number of phosphoric ester groups is 1. The van der Waals surface area contributed by atoms with Crippen molar-refractivity contribution in [3.8, 4) is 0 Å². The number of benzene rings is 1. The lowest BCUT2D eigenvalue weighted by Crippen LogP contribution is -2.46. The molecule has 2 unspecified atom stereocenters. The number of hydrogen-bond donors (Lipinski definition) is 2. The molecule has 0 radical (unpaired) electrons. The number of allylic oxidation sites excluding steroid dienone is 1. The third kappa shape index (κ3) is 18.1. The van der Waals surface area contributed by atoms with Crippen LogP contribution < -0.4 is 5.32 Å². The number of nitrogens with one attached hydrogen (secondary N) is 1. The molecule has 9 heteroatoms. The van der Waals surface area contributed by atoms with Gasteiger partial charge in [-0.2, -0.15) is 0 Å². The summed E-state index contributed by atoms with van der Waals surface area (Å²) in [7, 11) is -4.31. The highest BCUT2D eigenvalue weighted by Gasteiger charge is 2.29. The third-order valence-electron chi connectivity index (χ3n) is 6.21. The van der Waals surface area contributed by atoms with Crippen LogP contribution in [0.15, 0.2) is 42.5 Å². The maximum absolute atomic E-state index is 12.8. The van der Waals surface area contributed by atoms with Crippen molar-refractivity contribution in [1.29, 1.82) is 0 Å². The van der Waals surface area contributed by atoms with Gasteiger partial charge in [-0.05, 0) is 37.5 Å². The topological polar surface area (TPSA) is 111 Å². The van der Waals surface area contributed by atoms with Gasteiger partial charge in [-0.15, -0.1) is 0 Å². The van der Waals surface area contributed by atoms with Gasteiger partial charge in [-0.1, -0.05) is 102 Å². The van der Waals surface area contributed by atoms with Crippen molar-refractivity contribution in [3.63, 3.8) is 0 Å². The van der Waals surface area contributed by atoms with E-state index in [1.54, 1.807) is 43.3 Å². The number of amides is 1. The molecule has 39 heavy (non-hydrogen) atoms. The smallest absolute Gasteiger partial charge is 0.452 e. The van der Waals surface area contributed by atoms with Gasteiger partial charge in [0.1, 0.15) is 6.10 Å². The highest BCUT2D eigenvalue weighted by Crippen LogP contribution is 2.43. The molecular weight excluding hydrogens is 517 g/mol. The first-order chi connectivity index (χ1) is 18.8. The maximum Gasteiger partial charge on any atom is 0.472 e. The molecule has 0 saturated carbocycles. The van der Waals surface area contributed by atoms with Crippen molar-refractivity contribution in [2.45, 2.75) is 116 Å². The molecule has 0 aliphatic rings. The average molecular weight is 568 g/mol. The number of ether oxygens (including phenoxy) is 1. The van der Waals surface area contributed by atoms with Gasteiger partial charge in [0.2, 0.25) is 5.91 Å². The molecule has 0 saturated heterocycles. The van der Waals surface area contributed by atoms with Crippen LogP contribution in [0.3, 0.4) is 0 Å². The number of carbonyl (C=O) groups excluding carboxylic acids is 2. The summed E-state index contributed by atoms with van der Waals surface area (Å²) in [5, 5.41) is 2.68. The second-order valence-corrected chi connectivity index (χ2v) is 11.3. The first-order valence-electron chi connectivity index (χ1n) is 14.6. The van der Waals surface area contributed by atoms with Crippen molar-refractivity contribution < 1.29 is 32.8 Å². The Kier molecular flexibility index (Phi) is 19.6. The van der Waals surface area contributed by atoms with E-state index in [1.807, 2.05) is 6.08 Å². The highest BCUT2D eigenvalue weighted by atomic mass is 31.2. The summed E-state index contributed by atoms with van der Waals surface area (Å²) in [6.45, 7) is 5.06. The standard InChI is InChI=1S/C30H50NO7P/c1-4-6-7-8-9-10-11-12-13-14-15-16-20-23-29(38-30(33)27-21-18-17-19-22-27)28(31-26(3)32)25-37-39(34,35)36-24-5-2/h17-23,28-29H,4-16,24-25H2,1-3H3,(H,31,32)(H,34,35)/b23-20+/t28?,29-/m1/s1. The molecule has 2 N–H and O–H groups in total. The molecule has 0 heterocycles. The van der Waals surface area contributed by atoms with Crippen LogP contribution in [-0.4, -0.2) is 42.1 Å². The minimum atomic E-state index is -4.31. The minimum Gasteiger partial charge on any atom is -0.452 e. The van der Waals surface area contributed by atoms with E-state index in [2.05, 4.69) is 12.2 Å². The Hall–Kier alpha value is -1.99. The Morgan fingerprint density at radius 3 is 2.05 bits per heavy atom. The van der Waals surface area contributed by atoms with Crippen LogP contribution in [0.25, 0.3) is 0 Å². The Labute approximate surface area is 235 Å². The Morgan fingerprint density at radius 1 is 0.897 bits per heavy atom. The summed E-state index contributed by atoms with van der Waals surface area (Å²) in [6, 6.07) is 7.65. The van der Waals surface area contributed by atoms with Gasteiger partial charge in [-0.25, -0.2) is 9.36 Å². The number of hydrogen-bond acceptors (Lipinski definition) is 6. The van der Waals surface area contributed by atoms with Gasteiger partial charge in [0.05, 0.1) is 24.8 Å². The maximum atomic E-state index is 12.8. The third-order valence-corrected chi connectivity index (χ3v) is 7.20. The SMILES string of the molecule is CCCCCCCCCCCCC/C=C/[C@@H](OC(=O)c1ccccc1)C(COP(=O)(O)OCCC)NC(C)=O. The first kappa shape index (κ1) is 35.0. The lowest BCUT2D eigenvalue weighted by molar-refractivity contribution is -0.120. The van der Waals surface area contributed by atoms with Crippen LogP contribution in [0.4, 0.5) is 0 Å². The fraction of sp³-hybridized carbons (Fsp3) is 0.667. The fourth-order valence-electron chi connectivity index (χ4n) is 4.08. The minimum absolute atomic E-state index is 0.0594. The fourth-order valence-corrected chi connectivity index (χ4v) is 4.91.